The van der Waals surface area contributed by atoms with Crippen molar-refractivity contribution < 1.29 is 13.2 Å². The van der Waals surface area contributed by atoms with E-state index >= 15 is 0 Å². The molecule has 1 amide bonds. The van der Waals surface area contributed by atoms with Crippen molar-refractivity contribution in [2.24, 2.45) is 11.1 Å². The summed E-state index contributed by atoms with van der Waals surface area (Å²) in [4.78, 5) is 12.3. The van der Waals surface area contributed by atoms with Gasteiger partial charge in [0.25, 0.3) is 5.91 Å². The molecule has 2 aliphatic rings. The van der Waals surface area contributed by atoms with Crippen molar-refractivity contribution in [1.82, 2.24) is 5.32 Å². The second-order valence-corrected chi connectivity index (χ2v) is 9.01. The van der Waals surface area contributed by atoms with Crippen molar-refractivity contribution in [3.63, 3.8) is 0 Å². The summed E-state index contributed by atoms with van der Waals surface area (Å²) in [5.41, 5.74) is 2.20. The van der Waals surface area contributed by atoms with E-state index < -0.39 is 10.0 Å². The second kappa shape index (κ2) is 7.07. The maximum atomic E-state index is 12.4. The average Bonchev–Trinajstić information content (AvgIpc) is 3.54. The average molecular weight is 385 g/mol. The molecule has 4 N–H and O–H groups in total. The Bertz CT molecular complexity index is 953. The zero-order chi connectivity index (χ0) is 19.0. The summed E-state index contributed by atoms with van der Waals surface area (Å²) in [6.07, 6.45) is 3.89. The van der Waals surface area contributed by atoms with E-state index in [0.717, 1.165) is 12.5 Å². The molecule has 2 saturated carbocycles. The molecule has 2 fully saturated rings. The molecule has 4 rings (SSSR count). The molecule has 2 aromatic carbocycles. The minimum Gasteiger partial charge on any atom is -0.322 e. The third-order valence-corrected chi connectivity index (χ3v) is 6.09. The molecule has 0 saturated heterocycles. The number of rotatable bonds is 7. The van der Waals surface area contributed by atoms with Gasteiger partial charge in [0.15, 0.2) is 0 Å². The van der Waals surface area contributed by atoms with Crippen LogP contribution in [0.4, 0.5) is 5.69 Å². The number of nitrogens with one attached hydrogen (secondary N) is 2. The van der Waals surface area contributed by atoms with Crippen LogP contribution in [0.3, 0.4) is 0 Å². The monoisotopic (exact) mass is 385 g/mol. The van der Waals surface area contributed by atoms with Gasteiger partial charge < -0.3 is 10.6 Å². The van der Waals surface area contributed by atoms with E-state index in [1.54, 1.807) is 6.07 Å². The summed E-state index contributed by atoms with van der Waals surface area (Å²) in [6.45, 7) is 1.13. The fourth-order valence-electron chi connectivity index (χ4n) is 3.26. The lowest BCUT2D eigenvalue weighted by Gasteiger charge is -2.08. The zero-order valence-corrected chi connectivity index (χ0v) is 15.7. The largest absolute Gasteiger partial charge is 0.322 e. The molecule has 27 heavy (non-hydrogen) atoms. The molecule has 0 heterocycles. The molecule has 7 heteroatoms. The highest BCUT2D eigenvalue weighted by Crippen LogP contribution is 2.41. The summed E-state index contributed by atoms with van der Waals surface area (Å²) in [6, 6.07) is 14.1. The number of hydrogen-bond donors (Lipinski definition) is 3. The van der Waals surface area contributed by atoms with Gasteiger partial charge in [-0.2, -0.15) is 0 Å². The van der Waals surface area contributed by atoms with Crippen molar-refractivity contribution in [3.05, 3.63) is 59.7 Å². The summed E-state index contributed by atoms with van der Waals surface area (Å²) in [7, 11) is -3.84. The molecule has 6 nitrogen and oxygen atoms in total. The van der Waals surface area contributed by atoms with Crippen LogP contribution in [-0.4, -0.2) is 26.9 Å². The number of benzene rings is 2. The molecule has 2 unspecified atom stereocenters. The normalized spacial score (nSPS) is 21.7. The van der Waals surface area contributed by atoms with Gasteiger partial charge in [0.2, 0.25) is 10.0 Å². The van der Waals surface area contributed by atoms with Crippen LogP contribution in [0.25, 0.3) is 0 Å². The lowest BCUT2D eigenvalue weighted by molar-refractivity contribution is 0.102. The van der Waals surface area contributed by atoms with Gasteiger partial charge in [-0.3, -0.25) is 4.79 Å². The molecule has 2 atom stereocenters. The van der Waals surface area contributed by atoms with Crippen LogP contribution in [0.5, 0.6) is 0 Å². The number of anilines is 1. The van der Waals surface area contributed by atoms with Gasteiger partial charge in [-0.25, -0.2) is 13.6 Å². The van der Waals surface area contributed by atoms with Gasteiger partial charge in [-0.1, -0.05) is 18.2 Å². The Balaban J connectivity index is 1.36. The van der Waals surface area contributed by atoms with Crippen LogP contribution in [0.1, 0.15) is 41.1 Å². The van der Waals surface area contributed by atoms with Crippen LogP contribution < -0.4 is 15.8 Å². The molecule has 0 aromatic heterocycles. The number of nitrogens with two attached hydrogens (primary N) is 1. The Morgan fingerprint density at radius 2 is 1.85 bits per heavy atom. The lowest BCUT2D eigenvalue weighted by Crippen LogP contribution is -2.20. The quantitative estimate of drug-likeness (QED) is 0.681. The SMILES string of the molecule is NS(=O)(=O)c1cccc(C(=O)Nc2ccc(C3CC3NCC3CC3)cc2)c1. The van der Waals surface area contributed by atoms with Crippen molar-refractivity contribution in [2.45, 2.75) is 36.1 Å². The van der Waals surface area contributed by atoms with Crippen molar-refractivity contribution in [3.8, 4) is 0 Å². The lowest BCUT2D eigenvalue weighted by atomic mass is 10.1. The van der Waals surface area contributed by atoms with Gasteiger partial charge in [-0.05, 0) is 67.6 Å². The van der Waals surface area contributed by atoms with Gasteiger partial charge >= 0.3 is 0 Å². The fraction of sp³-hybridized carbons (Fsp3) is 0.350. The highest BCUT2D eigenvalue weighted by atomic mass is 32.2. The van der Waals surface area contributed by atoms with Gasteiger partial charge in [0.05, 0.1) is 4.90 Å². The highest BCUT2D eigenvalue weighted by molar-refractivity contribution is 7.89. The first kappa shape index (κ1) is 18.2. The first-order valence-electron chi connectivity index (χ1n) is 9.18. The number of primary sulfonamides is 1. The molecular formula is C20H23N3O3S. The van der Waals surface area contributed by atoms with Crippen LogP contribution in [-0.2, 0) is 10.0 Å². The van der Waals surface area contributed by atoms with Crippen LogP contribution in [0, 0.1) is 5.92 Å². The molecule has 0 spiro atoms. The van der Waals surface area contributed by atoms with Crippen molar-refractivity contribution >= 4 is 21.6 Å². The van der Waals surface area contributed by atoms with Gasteiger partial charge in [0.1, 0.15) is 0 Å². The standard InChI is InChI=1S/C20H23N3O3S/c21-27(25,26)17-3-1-2-15(10-17)20(24)23-16-8-6-14(7-9-16)18-11-19(18)22-12-13-4-5-13/h1-3,6-10,13,18-19,22H,4-5,11-12H2,(H,23,24)(H2,21,25,26). The summed E-state index contributed by atoms with van der Waals surface area (Å²) >= 11 is 0. The van der Waals surface area contributed by atoms with E-state index in [1.165, 1.54) is 43.0 Å². The molecule has 2 aromatic rings. The van der Waals surface area contributed by atoms with E-state index in [1.807, 2.05) is 24.3 Å². The van der Waals surface area contributed by atoms with Crippen molar-refractivity contribution in [2.75, 3.05) is 11.9 Å². The third-order valence-electron chi connectivity index (χ3n) is 5.18. The Morgan fingerprint density at radius 1 is 1.11 bits per heavy atom. The van der Waals surface area contributed by atoms with Gasteiger partial charge in [0, 0.05) is 23.2 Å². The zero-order valence-electron chi connectivity index (χ0n) is 14.9. The predicted octanol–water partition coefficient (Wildman–Crippen LogP) is 2.44. The minimum absolute atomic E-state index is 0.0797. The first-order valence-corrected chi connectivity index (χ1v) is 10.7. The van der Waals surface area contributed by atoms with E-state index in [4.69, 9.17) is 5.14 Å². The number of carbonyl (C=O) groups is 1. The number of sulfonamides is 1. The van der Waals surface area contributed by atoms with E-state index in [0.29, 0.717) is 17.6 Å². The maximum absolute atomic E-state index is 12.4. The Labute approximate surface area is 159 Å². The number of carbonyl (C=O) groups excluding carboxylic acids is 1. The Kier molecular flexibility index (Phi) is 4.75. The minimum atomic E-state index is -3.84. The molecule has 0 aliphatic heterocycles. The molecule has 0 bridgehead atoms. The summed E-state index contributed by atoms with van der Waals surface area (Å²) < 4.78 is 22.9. The molecule has 0 radical (unpaired) electrons. The highest BCUT2D eigenvalue weighted by Gasteiger charge is 2.38. The Morgan fingerprint density at radius 3 is 2.52 bits per heavy atom. The summed E-state index contributed by atoms with van der Waals surface area (Å²) in [5, 5.41) is 11.5. The van der Waals surface area contributed by atoms with E-state index in [-0.39, 0.29) is 16.4 Å². The Hall–Kier alpha value is -2.22. The maximum Gasteiger partial charge on any atom is 0.255 e. The van der Waals surface area contributed by atoms with Crippen LogP contribution >= 0.6 is 0 Å². The van der Waals surface area contributed by atoms with Gasteiger partial charge in [-0.15, -0.1) is 0 Å². The van der Waals surface area contributed by atoms with E-state index in [2.05, 4.69) is 10.6 Å². The van der Waals surface area contributed by atoms with Crippen LogP contribution in [0.2, 0.25) is 0 Å². The fourth-order valence-corrected chi connectivity index (χ4v) is 3.82. The predicted molar refractivity (Wildman–Crippen MR) is 104 cm³/mol. The number of hydrogen-bond acceptors (Lipinski definition) is 4. The third kappa shape index (κ3) is 4.55. The summed E-state index contributed by atoms with van der Waals surface area (Å²) in [5.74, 6) is 1.07. The smallest absolute Gasteiger partial charge is 0.255 e. The van der Waals surface area contributed by atoms with Crippen LogP contribution in [0.15, 0.2) is 53.4 Å². The number of amides is 1. The first-order chi connectivity index (χ1) is 12.9. The second-order valence-electron chi connectivity index (χ2n) is 7.45. The van der Waals surface area contributed by atoms with E-state index in [9.17, 15) is 13.2 Å². The molecule has 142 valence electrons. The molecule has 2 aliphatic carbocycles. The molecular weight excluding hydrogens is 362 g/mol. The topological polar surface area (TPSA) is 101 Å². The van der Waals surface area contributed by atoms with Crippen molar-refractivity contribution in [1.29, 1.82) is 0 Å².